The Labute approximate surface area is 206 Å². The molecule has 2 N–H and O–H groups in total. The van der Waals surface area contributed by atoms with E-state index in [1.165, 1.54) is 11.3 Å². The highest BCUT2D eigenvalue weighted by Crippen LogP contribution is 2.44. The zero-order valence-corrected chi connectivity index (χ0v) is 20.2. The molecule has 0 saturated heterocycles. The van der Waals surface area contributed by atoms with Crippen molar-refractivity contribution in [1.29, 1.82) is 0 Å². The van der Waals surface area contributed by atoms with Crippen molar-refractivity contribution in [3.05, 3.63) is 59.7 Å². The molecule has 1 atom stereocenters. The summed E-state index contributed by atoms with van der Waals surface area (Å²) in [5.41, 5.74) is 4.57. The van der Waals surface area contributed by atoms with Crippen LogP contribution in [-0.4, -0.2) is 54.2 Å². The van der Waals surface area contributed by atoms with Crippen LogP contribution < -0.4 is 5.32 Å². The maximum atomic E-state index is 13.1. The fourth-order valence-corrected chi connectivity index (χ4v) is 5.40. The monoisotopic (exact) mass is 478 g/mol. The number of benzene rings is 2. The minimum atomic E-state index is -0.960. The van der Waals surface area contributed by atoms with Gasteiger partial charge in [-0.25, -0.2) is 4.79 Å². The molecule has 1 fully saturated rings. The Morgan fingerprint density at radius 2 is 1.60 bits per heavy atom. The third-order valence-corrected chi connectivity index (χ3v) is 7.26. The van der Waals surface area contributed by atoms with Crippen molar-refractivity contribution in [3.8, 4) is 11.1 Å². The number of fused-ring (bicyclic) bond motifs is 3. The van der Waals surface area contributed by atoms with Gasteiger partial charge < -0.3 is 20.1 Å². The number of ether oxygens (including phenoxy) is 1. The van der Waals surface area contributed by atoms with Crippen molar-refractivity contribution in [2.24, 2.45) is 5.92 Å². The van der Waals surface area contributed by atoms with Crippen LogP contribution in [0, 0.1) is 5.92 Å². The topological polar surface area (TPSA) is 95.9 Å². The Kier molecular flexibility index (Phi) is 8.06. The molecular formula is C28H34N2O5. The summed E-state index contributed by atoms with van der Waals surface area (Å²) < 4.78 is 5.67. The first kappa shape index (κ1) is 24.8. The molecule has 7 nitrogen and oxygen atoms in total. The first-order chi connectivity index (χ1) is 16.9. The summed E-state index contributed by atoms with van der Waals surface area (Å²) in [6.45, 7) is 0.279. The highest BCUT2D eigenvalue weighted by atomic mass is 16.5. The van der Waals surface area contributed by atoms with E-state index < -0.39 is 18.1 Å². The van der Waals surface area contributed by atoms with Crippen LogP contribution in [0.2, 0.25) is 0 Å². The van der Waals surface area contributed by atoms with Gasteiger partial charge in [0.1, 0.15) is 12.6 Å². The first-order valence-electron chi connectivity index (χ1n) is 12.5. The van der Waals surface area contributed by atoms with Crippen LogP contribution in [-0.2, 0) is 14.3 Å². The fraction of sp³-hybridized carbons (Fsp3) is 0.464. The number of carbonyl (C=O) groups is 3. The lowest BCUT2D eigenvalue weighted by molar-refractivity contribution is -0.138. The molecule has 0 heterocycles. The molecule has 1 saturated carbocycles. The van der Waals surface area contributed by atoms with E-state index in [0.717, 1.165) is 47.9 Å². The van der Waals surface area contributed by atoms with E-state index in [0.29, 0.717) is 12.3 Å². The van der Waals surface area contributed by atoms with E-state index in [1.807, 2.05) is 24.3 Å². The molecule has 0 aliphatic heterocycles. The second-order valence-corrected chi connectivity index (χ2v) is 9.67. The summed E-state index contributed by atoms with van der Waals surface area (Å²) in [6.07, 6.45) is 5.32. The van der Waals surface area contributed by atoms with Crippen LogP contribution in [0.3, 0.4) is 0 Å². The Hall–Kier alpha value is -3.35. The third kappa shape index (κ3) is 6.02. The fourth-order valence-electron chi connectivity index (χ4n) is 5.40. The van der Waals surface area contributed by atoms with Gasteiger partial charge in [-0.2, -0.15) is 0 Å². The number of nitrogens with one attached hydrogen (secondary N) is 1. The second-order valence-electron chi connectivity index (χ2n) is 9.67. The number of carboxylic acids is 1. The van der Waals surface area contributed by atoms with Crippen LogP contribution in [0.1, 0.15) is 62.0 Å². The van der Waals surface area contributed by atoms with Gasteiger partial charge in [0.2, 0.25) is 5.91 Å². The summed E-state index contributed by atoms with van der Waals surface area (Å²) in [4.78, 5) is 38.3. The SMILES string of the molecule is CN(CCC(=O)O)C(=O)C(CC1CCCCC1)NC(=O)OCC1c2ccccc2-c2ccccc21. The molecule has 2 aliphatic carbocycles. The summed E-state index contributed by atoms with van der Waals surface area (Å²) in [6, 6.07) is 15.6. The van der Waals surface area contributed by atoms with E-state index in [4.69, 9.17) is 9.84 Å². The number of nitrogens with zero attached hydrogens (tertiary/aromatic N) is 1. The average molecular weight is 479 g/mol. The van der Waals surface area contributed by atoms with Gasteiger partial charge in [-0.1, -0.05) is 80.6 Å². The molecule has 0 bridgehead atoms. The number of alkyl carbamates (subject to hydrolysis) is 1. The van der Waals surface area contributed by atoms with Crippen molar-refractivity contribution in [2.75, 3.05) is 20.2 Å². The predicted molar refractivity (Wildman–Crippen MR) is 133 cm³/mol. The van der Waals surface area contributed by atoms with Gasteiger partial charge in [0.15, 0.2) is 0 Å². The van der Waals surface area contributed by atoms with E-state index in [-0.39, 0.29) is 31.4 Å². The average Bonchev–Trinajstić information content (AvgIpc) is 3.19. The number of carbonyl (C=O) groups excluding carboxylic acids is 2. The molecule has 4 rings (SSSR count). The molecule has 0 aromatic heterocycles. The molecule has 186 valence electrons. The molecule has 2 aliphatic rings. The van der Waals surface area contributed by atoms with Gasteiger partial charge in [-0.15, -0.1) is 0 Å². The zero-order chi connectivity index (χ0) is 24.8. The standard InChI is InChI=1S/C28H34N2O5/c1-30(16-15-26(31)32)27(33)25(17-19-9-3-2-4-10-19)29-28(34)35-18-24-22-13-7-5-11-20(22)21-12-6-8-14-23(21)24/h5-8,11-14,19,24-25H,2-4,9-10,15-18H2,1H3,(H,29,34)(H,31,32). The Bertz CT molecular complexity index is 1020. The van der Waals surface area contributed by atoms with Crippen molar-refractivity contribution >= 4 is 18.0 Å². The minimum absolute atomic E-state index is 0.0566. The van der Waals surface area contributed by atoms with Crippen LogP contribution in [0.5, 0.6) is 0 Å². The lowest BCUT2D eigenvalue weighted by Crippen LogP contribution is -2.49. The maximum Gasteiger partial charge on any atom is 0.407 e. The molecule has 0 spiro atoms. The summed E-state index contributed by atoms with van der Waals surface area (Å²) in [5.74, 6) is -0.929. The van der Waals surface area contributed by atoms with E-state index in [9.17, 15) is 14.4 Å². The lowest BCUT2D eigenvalue weighted by Gasteiger charge is -2.29. The molecular weight excluding hydrogens is 444 g/mol. The highest BCUT2D eigenvalue weighted by Gasteiger charge is 2.31. The molecule has 0 radical (unpaired) electrons. The first-order valence-corrected chi connectivity index (χ1v) is 12.5. The van der Waals surface area contributed by atoms with Gasteiger partial charge in [-0.3, -0.25) is 9.59 Å². The van der Waals surface area contributed by atoms with Gasteiger partial charge in [0.25, 0.3) is 0 Å². The maximum absolute atomic E-state index is 13.1. The van der Waals surface area contributed by atoms with Crippen LogP contribution in [0.25, 0.3) is 11.1 Å². The third-order valence-electron chi connectivity index (χ3n) is 7.26. The Balaban J connectivity index is 1.42. The molecule has 2 amide bonds. The zero-order valence-electron chi connectivity index (χ0n) is 20.2. The van der Waals surface area contributed by atoms with Crippen molar-refractivity contribution in [1.82, 2.24) is 10.2 Å². The van der Waals surface area contributed by atoms with Gasteiger partial charge in [0, 0.05) is 19.5 Å². The van der Waals surface area contributed by atoms with Gasteiger partial charge in [0.05, 0.1) is 6.42 Å². The number of hydrogen-bond acceptors (Lipinski definition) is 4. The molecule has 2 aromatic rings. The number of hydrogen-bond donors (Lipinski definition) is 2. The van der Waals surface area contributed by atoms with Crippen LogP contribution in [0.4, 0.5) is 4.79 Å². The quantitative estimate of drug-likeness (QED) is 0.540. The van der Waals surface area contributed by atoms with E-state index in [1.54, 1.807) is 7.05 Å². The molecule has 35 heavy (non-hydrogen) atoms. The Morgan fingerprint density at radius 1 is 1.00 bits per heavy atom. The number of amides is 2. The van der Waals surface area contributed by atoms with Crippen molar-refractivity contribution < 1.29 is 24.2 Å². The smallest absolute Gasteiger partial charge is 0.407 e. The highest BCUT2D eigenvalue weighted by molar-refractivity contribution is 5.86. The van der Waals surface area contributed by atoms with Gasteiger partial charge >= 0.3 is 12.1 Å². The normalized spacial score (nSPS) is 16.1. The Morgan fingerprint density at radius 3 is 2.20 bits per heavy atom. The van der Waals surface area contributed by atoms with Crippen molar-refractivity contribution in [2.45, 2.75) is 56.9 Å². The van der Waals surface area contributed by atoms with Crippen LogP contribution >= 0.6 is 0 Å². The van der Waals surface area contributed by atoms with E-state index >= 15 is 0 Å². The summed E-state index contributed by atoms with van der Waals surface area (Å²) in [5, 5.41) is 11.8. The summed E-state index contributed by atoms with van der Waals surface area (Å²) in [7, 11) is 1.58. The summed E-state index contributed by atoms with van der Waals surface area (Å²) >= 11 is 0. The predicted octanol–water partition coefficient (Wildman–Crippen LogP) is 4.80. The van der Waals surface area contributed by atoms with Gasteiger partial charge in [-0.05, 0) is 34.6 Å². The second kappa shape index (κ2) is 11.4. The number of aliphatic carboxylic acids is 1. The van der Waals surface area contributed by atoms with Crippen LogP contribution in [0.15, 0.2) is 48.5 Å². The number of likely N-dealkylation sites (N-methyl/N-ethyl adjacent to an activating group) is 1. The van der Waals surface area contributed by atoms with Crippen molar-refractivity contribution in [3.63, 3.8) is 0 Å². The minimum Gasteiger partial charge on any atom is -0.481 e. The molecule has 7 heteroatoms. The van der Waals surface area contributed by atoms with E-state index in [2.05, 4.69) is 29.6 Å². The number of carboxylic acid groups (broad SMARTS) is 1. The number of rotatable bonds is 9. The largest absolute Gasteiger partial charge is 0.481 e. The lowest BCUT2D eigenvalue weighted by atomic mass is 9.84. The molecule has 1 unspecified atom stereocenters. The molecule has 2 aromatic carbocycles.